The van der Waals surface area contributed by atoms with Gasteiger partial charge in [-0.15, -0.1) is 0 Å². The van der Waals surface area contributed by atoms with Crippen molar-refractivity contribution in [3.8, 4) is 17.2 Å². The first-order chi connectivity index (χ1) is 18.0. The van der Waals surface area contributed by atoms with Crippen LogP contribution in [0.1, 0.15) is 81.8 Å². The van der Waals surface area contributed by atoms with Gasteiger partial charge in [0, 0.05) is 22.0 Å². The maximum absolute atomic E-state index is 6.54. The Hall–Kier alpha value is -2.99. The van der Waals surface area contributed by atoms with Gasteiger partial charge in [0.1, 0.15) is 17.2 Å². The predicted octanol–water partition coefficient (Wildman–Crippen LogP) is 8.44. The molecular formula is C31H35BrN2O3. The second kappa shape index (κ2) is 11.6. The van der Waals surface area contributed by atoms with Gasteiger partial charge in [-0.05, 0) is 92.6 Å². The van der Waals surface area contributed by atoms with E-state index in [-0.39, 0.29) is 18.4 Å². The Morgan fingerprint density at radius 3 is 2.46 bits per heavy atom. The van der Waals surface area contributed by atoms with Gasteiger partial charge >= 0.3 is 0 Å². The van der Waals surface area contributed by atoms with Crippen LogP contribution in [0.15, 0.2) is 76.3 Å². The minimum absolute atomic E-state index is 0.0994. The first kappa shape index (κ1) is 25.7. The third kappa shape index (κ3) is 5.96. The second-order valence-corrected chi connectivity index (χ2v) is 10.9. The molecule has 0 radical (unpaired) electrons. The third-order valence-electron chi connectivity index (χ3n) is 6.74. The molecule has 5 nitrogen and oxygen atoms in total. The van der Waals surface area contributed by atoms with Crippen LogP contribution < -0.4 is 14.2 Å². The van der Waals surface area contributed by atoms with Crippen LogP contribution in [0.4, 0.5) is 0 Å². The molecule has 0 amide bonds. The van der Waals surface area contributed by atoms with Crippen LogP contribution in [0, 0.1) is 0 Å². The molecule has 6 heteroatoms. The van der Waals surface area contributed by atoms with Gasteiger partial charge in [-0.1, -0.05) is 42.1 Å². The Bertz CT molecular complexity index is 1220. The maximum atomic E-state index is 6.54. The third-order valence-corrected chi connectivity index (χ3v) is 7.24. The fourth-order valence-corrected chi connectivity index (χ4v) is 5.28. The normalized spacial score (nSPS) is 18.2. The van der Waals surface area contributed by atoms with Crippen LogP contribution >= 0.6 is 15.9 Å². The second-order valence-electron chi connectivity index (χ2n) is 9.97. The van der Waals surface area contributed by atoms with Gasteiger partial charge in [-0.3, -0.25) is 0 Å². The predicted molar refractivity (Wildman–Crippen MR) is 152 cm³/mol. The largest absolute Gasteiger partial charge is 0.494 e. The van der Waals surface area contributed by atoms with Gasteiger partial charge in [0.2, 0.25) is 6.23 Å². The van der Waals surface area contributed by atoms with Crippen molar-refractivity contribution < 1.29 is 14.2 Å². The number of hydrogen-bond acceptors (Lipinski definition) is 5. The van der Waals surface area contributed by atoms with Gasteiger partial charge in [-0.2, -0.15) is 5.10 Å². The molecule has 0 N–H and O–H groups in total. The molecule has 0 unspecified atom stereocenters. The fraction of sp³-hybridized carbons (Fsp3) is 0.387. The molecule has 37 heavy (non-hydrogen) atoms. The molecule has 2 atom stereocenters. The van der Waals surface area contributed by atoms with Crippen molar-refractivity contribution in [2.75, 3.05) is 6.61 Å². The van der Waals surface area contributed by atoms with Crippen molar-refractivity contribution >= 4 is 21.6 Å². The summed E-state index contributed by atoms with van der Waals surface area (Å²) in [6, 6.07) is 22.8. The summed E-state index contributed by atoms with van der Waals surface area (Å²) in [5.41, 5.74) is 4.36. The van der Waals surface area contributed by atoms with E-state index in [9.17, 15) is 0 Å². The summed E-state index contributed by atoms with van der Waals surface area (Å²) in [7, 11) is 0. The fourth-order valence-electron chi connectivity index (χ4n) is 4.90. The molecule has 0 fully saturated rings. The van der Waals surface area contributed by atoms with E-state index in [2.05, 4.69) is 58.2 Å². The molecule has 0 saturated carbocycles. The Balaban J connectivity index is 1.38. The van der Waals surface area contributed by atoms with Crippen LogP contribution in [-0.4, -0.2) is 23.4 Å². The van der Waals surface area contributed by atoms with Crippen molar-refractivity contribution in [2.45, 2.75) is 71.2 Å². The minimum atomic E-state index is -0.307. The number of hydrazone groups is 1. The summed E-state index contributed by atoms with van der Waals surface area (Å²) < 4.78 is 19.4. The lowest BCUT2D eigenvalue weighted by Crippen LogP contribution is -2.33. The molecule has 3 aromatic rings. The Kier molecular flexibility index (Phi) is 8.04. The van der Waals surface area contributed by atoms with Crippen molar-refractivity contribution in [3.05, 3.63) is 87.9 Å². The number of benzene rings is 3. The molecular weight excluding hydrogens is 528 g/mol. The molecule has 0 saturated heterocycles. The zero-order valence-corrected chi connectivity index (χ0v) is 23.4. The topological polar surface area (TPSA) is 43.3 Å². The zero-order chi connectivity index (χ0) is 25.8. The summed E-state index contributed by atoms with van der Waals surface area (Å²) >= 11 is 3.64. The summed E-state index contributed by atoms with van der Waals surface area (Å²) in [5, 5.41) is 7.21. The molecule has 0 spiro atoms. The summed E-state index contributed by atoms with van der Waals surface area (Å²) in [6.45, 7) is 7.05. The van der Waals surface area contributed by atoms with E-state index in [0.717, 1.165) is 63.6 Å². The lowest BCUT2D eigenvalue weighted by atomic mass is 9.96. The molecule has 5 rings (SSSR count). The van der Waals surface area contributed by atoms with Crippen LogP contribution in [0.3, 0.4) is 0 Å². The van der Waals surface area contributed by atoms with Gasteiger partial charge in [0.15, 0.2) is 0 Å². The van der Waals surface area contributed by atoms with Crippen LogP contribution in [-0.2, 0) is 0 Å². The summed E-state index contributed by atoms with van der Waals surface area (Å²) in [6.07, 6.45) is 5.44. The van der Waals surface area contributed by atoms with Crippen molar-refractivity contribution in [1.82, 2.24) is 5.01 Å². The highest BCUT2D eigenvalue weighted by atomic mass is 79.9. The zero-order valence-electron chi connectivity index (χ0n) is 21.8. The molecule has 2 aliphatic heterocycles. The molecule has 2 heterocycles. The van der Waals surface area contributed by atoms with E-state index in [1.807, 2.05) is 50.2 Å². The number of fused-ring (bicyclic) bond motifs is 3. The molecule has 0 bridgehead atoms. The van der Waals surface area contributed by atoms with Crippen molar-refractivity contribution in [1.29, 1.82) is 0 Å². The highest BCUT2D eigenvalue weighted by molar-refractivity contribution is 9.10. The first-order valence-corrected chi connectivity index (χ1v) is 14.1. The van der Waals surface area contributed by atoms with E-state index in [1.165, 1.54) is 19.3 Å². The van der Waals surface area contributed by atoms with E-state index >= 15 is 0 Å². The van der Waals surface area contributed by atoms with Crippen LogP contribution in [0.5, 0.6) is 17.2 Å². The summed E-state index contributed by atoms with van der Waals surface area (Å²) in [5.74, 6) is 2.67. The highest BCUT2D eigenvalue weighted by Gasteiger charge is 2.41. The number of halogens is 1. The molecule has 0 aromatic heterocycles. The van der Waals surface area contributed by atoms with Gasteiger partial charge < -0.3 is 14.2 Å². The van der Waals surface area contributed by atoms with E-state index < -0.39 is 0 Å². The molecule has 0 aliphatic carbocycles. The molecule has 194 valence electrons. The number of nitrogens with zero attached hydrogens (tertiary/aromatic N) is 2. The standard InChI is InChI=1S/C31H35BrN2O3/c1-4-5-6-7-18-35-25-13-10-23(11-14-25)31-34-29(27-19-24(32)12-17-30(27)37-31)20-28(33-34)22-8-15-26(16-9-22)36-21(2)3/h8-17,19,21,29,31H,4-7,18,20H2,1-3H3/t29-,31+/m1/s1. The number of hydrogen-bond donors (Lipinski definition) is 0. The Morgan fingerprint density at radius 1 is 0.973 bits per heavy atom. The molecule has 2 aliphatic rings. The Morgan fingerprint density at radius 2 is 1.73 bits per heavy atom. The molecule has 3 aromatic carbocycles. The lowest BCUT2D eigenvalue weighted by Gasteiger charge is -2.38. The average Bonchev–Trinajstić information content (AvgIpc) is 3.35. The minimum Gasteiger partial charge on any atom is -0.494 e. The number of unbranched alkanes of at least 4 members (excludes halogenated alkanes) is 3. The quantitative estimate of drug-likeness (QED) is 0.232. The van der Waals surface area contributed by atoms with Gasteiger partial charge in [0.25, 0.3) is 0 Å². The van der Waals surface area contributed by atoms with Crippen LogP contribution in [0.2, 0.25) is 0 Å². The van der Waals surface area contributed by atoms with Gasteiger partial charge in [-0.25, -0.2) is 5.01 Å². The SMILES string of the molecule is CCCCCCOc1ccc([C@@H]2Oc3ccc(Br)cc3[C@H]3CC(c4ccc(OC(C)C)cc4)=NN32)cc1. The highest BCUT2D eigenvalue weighted by Crippen LogP contribution is 2.48. The maximum Gasteiger partial charge on any atom is 0.213 e. The summed E-state index contributed by atoms with van der Waals surface area (Å²) in [4.78, 5) is 0. The van der Waals surface area contributed by atoms with Crippen LogP contribution in [0.25, 0.3) is 0 Å². The monoisotopic (exact) mass is 562 g/mol. The van der Waals surface area contributed by atoms with Gasteiger partial charge in [0.05, 0.1) is 24.5 Å². The van der Waals surface area contributed by atoms with Crippen molar-refractivity contribution in [2.24, 2.45) is 5.10 Å². The smallest absolute Gasteiger partial charge is 0.213 e. The lowest BCUT2D eigenvalue weighted by molar-refractivity contribution is -0.0191. The Labute approximate surface area is 228 Å². The van der Waals surface area contributed by atoms with E-state index in [4.69, 9.17) is 19.3 Å². The van der Waals surface area contributed by atoms with Crippen molar-refractivity contribution in [3.63, 3.8) is 0 Å². The number of rotatable bonds is 10. The van der Waals surface area contributed by atoms with E-state index in [0.29, 0.717) is 0 Å². The average molecular weight is 564 g/mol. The van der Waals surface area contributed by atoms with E-state index in [1.54, 1.807) is 0 Å². The first-order valence-electron chi connectivity index (χ1n) is 13.3. The number of ether oxygens (including phenoxy) is 3.